The quantitative estimate of drug-likeness (QED) is 0.339. The molecule has 4 aromatic rings. The zero-order valence-electron chi connectivity index (χ0n) is 18.9. The van der Waals surface area contributed by atoms with E-state index in [1.165, 1.54) is 11.8 Å². The largest absolute Gasteiger partial charge is 0.854 e. The van der Waals surface area contributed by atoms with E-state index in [0.717, 1.165) is 29.0 Å². The number of thioether (sulfide) groups is 1. The Hall–Kier alpha value is -3.72. The molecule has 5 rings (SSSR count). The minimum atomic E-state index is -0.692. The van der Waals surface area contributed by atoms with Crippen LogP contribution < -0.4 is 14.7 Å². The SMILES string of the molecule is CCCSc1nc([O-])c2[n+](n1)C(c1cn[nH]c1-c1ccccc1)N(C(=O)CC)c1ccccc1-2. The number of para-hydroxylation sites is 1. The molecule has 1 N–H and O–H groups in total. The van der Waals surface area contributed by atoms with Crippen LogP contribution in [0, 0.1) is 0 Å². The van der Waals surface area contributed by atoms with Gasteiger partial charge in [0.15, 0.2) is 0 Å². The average Bonchev–Trinajstić information content (AvgIpc) is 3.36. The van der Waals surface area contributed by atoms with Gasteiger partial charge in [-0.3, -0.25) is 9.89 Å². The summed E-state index contributed by atoms with van der Waals surface area (Å²) < 4.78 is 1.65. The number of anilines is 1. The number of benzene rings is 2. The normalized spacial score (nSPS) is 14.5. The number of fused-ring (bicyclic) bond motifs is 3. The van der Waals surface area contributed by atoms with Crippen LogP contribution in [-0.4, -0.2) is 31.9 Å². The lowest BCUT2D eigenvalue weighted by molar-refractivity contribution is -0.764. The first kappa shape index (κ1) is 22.1. The van der Waals surface area contributed by atoms with Gasteiger partial charge in [-0.15, -0.1) is 0 Å². The molecule has 0 bridgehead atoms. The summed E-state index contributed by atoms with van der Waals surface area (Å²) in [7, 11) is 0. The lowest BCUT2D eigenvalue weighted by Crippen LogP contribution is -2.59. The van der Waals surface area contributed by atoms with Crippen molar-refractivity contribution in [3.05, 3.63) is 66.4 Å². The molecule has 0 fully saturated rings. The van der Waals surface area contributed by atoms with Gasteiger partial charge in [-0.25, -0.2) is 9.88 Å². The number of hydrogen-bond donors (Lipinski definition) is 1. The number of carbonyl (C=O) groups is 1. The zero-order valence-corrected chi connectivity index (χ0v) is 19.7. The number of carbonyl (C=O) groups excluding carboxylic acids is 1. The predicted molar refractivity (Wildman–Crippen MR) is 128 cm³/mol. The van der Waals surface area contributed by atoms with Crippen LogP contribution in [0.25, 0.3) is 22.5 Å². The Balaban J connectivity index is 1.80. The summed E-state index contributed by atoms with van der Waals surface area (Å²) in [5.41, 5.74) is 4.11. The molecule has 1 atom stereocenters. The fourth-order valence-corrected chi connectivity index (χ4v) is 4.92. The molecule has 2 aromatic carbocycles. The third-order valence-corrected chi connectivity index (χ3v) is 6.78. The van der Waals surface area contributed by atoms with Crippen molar-refractivity contribution in [2.24, 2.45) is 0 Å². The molecule has 34 heavy (non-hydrogen) atoms. The Morgan fingerprint density at radius 1 is 1.15 bits per heavy atom. The van der Waals surface area contributed by atoms with Crippen molar-refractivity contribution in [3.8, 4) is 28.4 Å². The van der Waals surface area contributed by atoms with E-state index in [0.29, 0.717) is 28.5 Å². The van der Waals surface area contributed by atoms with E-state index >= 15 is 0 Å². The molecule has 1 aliphatic heterocycles. The molecule has 172 valence electrons. The van der Waals surface area contributed by atoms with E-state index in [1.54, 1.807) is 15.8 Å². The topological polar surface area (TPSA) is 102 Å². The summed E-state index contributed by atoms with van der Waals surface area (Å²) in [5, 5.41) is 25.9. The van der Waals surface area contributed by atoms with Crippen LogP contribution in [0.4, 0.5) is 5.69 Å². The molecule has 0 saturated heterocycles. The first-order valence-corrected chi connectivity index (χ1v) is 12.3. The molecule has 8 nitrogen and oxygen atoms in total. The molecule has 0 aliphatic carbocycles. The Morgan fingerprint density at radius 3 is 2.68 bits per heavy atom. The maximum Gasteiger partial charge on any atom is 0.296 e. The van der Waals surface area contributed by atoms with Gasteiger partial charge in [0.05, 0.1) is 34.6 Å². The summed E-state index contributed by atoms with van der Waals surface area (Å²) in [6.07, 6.45) is 2.24. The maximum atomic E-state index is 13.4. The molecule has 0 spiro atoms. The van der Waals surface area contributed by atoms with E-state index < -0.39 is 6.17 Å². The first-order chi connectivity index (χ1) is 16.6. The van der Waals surface area contributed by atoms with Crippen LogP contribution >= 0.6 is 11.8 Å². The van der Waals surface area contributed by atoms with Crippen LogP contribution in [0.15, 0.2) is 66.0 Å². The number of nitrogens with zero attached hydrogens (tertiary/aromatic N) is 5. The van der Waals surface area contributed by atoms with Crippen molar-refractivity contribution in [2.75, 3.05) is 10.7 Å². The monoisotopic (exact) mass is 472 g/mol. The Bertz CT molecular complexity index is 1340. The molecule has 0 radical (unpaired) electrons. The van der Waals surface area contributed by atoms with Crippen LogP contribution in [-0.2, 0) is 4.79 Å². The molecular weight excluding hydrogens is 448 g/mol. The number of H-pyrrole nitrogens is 1. The van der Waals surface area contributed by atoms with E-state index in [-0.39, 0.29) is 11.8 Å². The van der Waals surface area contributed by atoms with Gasteiger partial charge in [-0.2, -0.15) is 5.10 Å². The van der Waals surface area contributed by atoms with Crippen LogP contribution in [0.3, 0.4) is 0 Å². The van der Waals surface area contributed by atoms with Crippen molar-refractivity contribution in [3.63, 3.8) is 0 Å². The minimum absolute atomic E-state index is 0.0790. The van der Waals surface area contributed by atoms with Gasteiger partial charge in [-0.1, -0.05) is 72.8 Å². The van der Waals surface area contributed by atoms with Crippen LogP contribution in [0.1, 0.15) is 38.4 Å². The lowest BCUT2D eigenvalue weighted by atomic mass is 9.99. The third kappa shape index (κ3) is 3.71. The summed E-state index contributed by atoms with van der Waals surface area (Å²) in [5.74, 6) is 0.350. The third-order valence-electron chi connectivity index (χ3n) is 5.73. The number of nitrogens with one attached hydrogen (secondary N) is 1. The van der Waals surface area contributed by atoms with Gasteiger partial charge in [0.2, 0.25) is 5.91 Å². The highest BCUT2D eigenvalue weighted by molar-refractivity contribution is 7.99. The smallest absolute Gasteiger partial charge is 0.296 e. The second-order valence-corrected chi connectivity index (χ2v) is 8.98. The predicted octanol–water partition coefficient (Wildman–Crippen LogP) is 3.70. The number of hydrogen-bond acceptors (Lipinski definition) is 6. The van der Waals surface area contributed by atoms with E-state index in [2.05, 4.69) is 22.1 Å². The van der Waals surface area contributed by atoms with Crippen LogP contribution in [0.5, 0.6) is 5.88 Å². The van der Waals surface area contributed by atoms with E-state index in [1.807, 2.05) is 61.5 Å². The Morgan fingerprint density at radius 2 is 1.91 bits per heavy atom. The molecule has 1 aliphatic rings. The van der Waals surface area contributed by atoms with E-state index in [9.17, 15) is 9.90 Å². The summed E-state index contributed by atoms with van der Waals surface area (Å²) in [6.45, 7) is 3.90. The van der Waals surface area contributed by atoms with Crippen molar-refractivity contribution in [2.45, 2.75) is 38.0 Å². The molecule has 1 unspecified atom stereocenters. The highest BCUT2D eigenvalue weighted by atomic mass is 32.2. The fourth-order valence-electron chi connectivity index (χ4n) is 4.24. The fraction of sp³-hybridized carbons (Fsp3) is 0.240. The van der Waals surface area contributed by atoms with E-state index in [4.69, 9.17) is 5.10 Å². The molecular formula is C25H24N6O2S. The standard InChI is InChI=1S/C25H24N6O2S/c1-3-14-34-25-27-23(33)22-17-12-8-9-13-19(17)30(20(32)4-2)24(31(22)29-25)18-15-26-28-21(18)16-10-6-5-7-11-16/h5-13,15,24H,3-4,14H2,1-2H3,(H-,26,27,28,29,33). The van der Waals surface area contributed by atoms with Crippen molar-refractivity contribution in [1.82, 2.24) is 20.3 Å². The minimum Gasteiger partial charge on any atom is -0.854 e. The number of aromatic amines is 1. The summed E-state index contributed by atoms with van der Waals surface area (Å²) >= 11 is 1.43. The average molecular weight is 473 g/mol. The Kier molecular flexibility index (Phi) is 6.02. The molecule has 9 heteroatoms. The second kappa shape index (κ2) is 9.26. The molecule has 1 amide bonds. The van der Waals surface area contributed by atoms with Crippen molar-refractivity contribution >= 4 is 23.4 Å². The number of rotatable bonds is 6. The maximum absolute atomic E-state index is 13.4. The molecule has 0 saturated carbocycles. The van der Waals surface area contributed by atoms with Crippen molar-refractivity contribution < 1.29 is 14.6 Å². The highest BCUT2D eigenvalue weighted by Gasteiger charge is 2.46. The second-order valence-electron chi connectivity index (χ2n) is 7.92. The highest BCUT2D eigenvalue weighted by Crippen LogP contribution is 2.42. The van der Waals surface area contributed by atoms with Gasteiger partial charge in [-0.05, 0) is 18.6 Å². The number of aromatic nitrogens is 5. The van der Waals surface area contributed by atoms with Gasteiger partial charge in [0.25, 0.3) is 17.0 Å². The summed E-state index contributed by atoms with van der Waals surface area (Å²) in [4.78, 5) is 19.4. The molecule has 3 heterocycles. The zero-order chi connectivity index (χ0) is 23.7. The first-order valence-electron chi connectivity index (χ1n) is 11.3. The van der Waals surface area contributed by atoms with Crippen molar-refractivity contribution in [1.29, 1.82) is 0 Å². The summed E-state index contributed by atoms with van der Waals surface area (Å²) in [6, 6.07) is 17.2. The van der Waals surface area contributed by atoms with Gasteiger partial charge in [0.1, 0.15) is 0 Å². The lowest BCUT2D eigenvalue weighted by Gasteiger charge is -2.33. The van der Waals surface area contributed by atoms with Gasteiger partial charge >= 0.3 is 0 Å². The Labute approximate surface area is 201 Å². The molecule has 2 aromatic heterocycles. The van der Waals surface area contributed by atoms with Gasteiger partial charge in [0, 0.05) is 22.8 Å². The van der Waals surface area contributed by atoms with Crippen LogP contribution in [0.2, 0.25) is 0 Å². The van der Waals surface area contributed by atoms with Gasteiger partial charge < -0.3 is 5.11 Å². The number of amides is 1.